The maximum Gasteiger partial charge on any atom is 0.277 e. The first kappa shape index (κ1) is 10.5. The van der Waals surface area contributed by atoms with Crippen molar-refractivity contribution < 1.29 is 9.26 Å². The molecule has 3 unspecified atom stereocenters. The van der Waals surface area contributed by atoms with Crippen LogP contribution >= 0.6 is 11.3 Å². The van der Waals surface area contributed by atoms with Crippen molar-refractivity contribution >= 4 is 16.5 Å². The second kappa shape index (κ2) is 3.76. The van der Waals surface area contributed by atoms with Gasteiger partial charge in [0, 0.05) is 5.38 Å². The van der Waals surface area contributed by atoms with E-state index in [2.05, 4.69) is 15.1 Å². The number of nitrogens with two attached hydrogens (primary N) is 1. The van der Waals surface area contributed by atoms with Crippen LogP contribution in [-0.2, 0) is 4.74 Å². The molecule has 0 spiro atoms. The molecule has 0 radical (unpaired) electrons. The number of aromatic nitrogens is 3. The molecule has 7 heteroatoms. The lowest BCUT2D eigenvalue weighted by Gasteiger charge is -2.13. The van der Waals surface area contributed by atoms with E-state index >= 15 is 0 Å². The minimum absolute atomic E-state index is 0.265. The number of fused-ring (bicyclic) bond motifs is 2. The first-order chi connectivity index (χ1) is 8.79. The van der Waals surface area contributed by atoms with Gasteiger partial charge in [-0.15, -0.1) is 11.3 Å². The van der Waals surface area contributed by atoms with Crippen molar-refractivity contribution in [3.8, 4) is 11.6 Å². The van der Waals surface area contributed by atoms with Gasteiger partial charge in [0.1, 0.15) is 5.69 Å². The van der Waals surface area contributed by atoms with Crippen LogP contribution in [0.15, 0.2) is 9.90 Å². The molecule has 0 amide bonds. The highest BCUT2D eigenvalue weighted by Crippen LogP contribution is 2.43. The molecular weight excluding hydrogens is 252 g/mol. The summed E-state index contributed by atoms with van der Waals surface area (Å²) in [6.45, 7) is 0. The summed E-state index contributed by atoms with van der Waals surface area (Å²) in [6, 6.07) is 0. The number of anilines is 1. The molecule has 2 aliphatic rings. The Bertz CT molecular complexity index is 581. The van der Waals surface area contributed by atoms with Crippen molar-refractivity contribution in [2.75, 3.05) is 5.73 Å². The van der Waals surface area contributed by atoms with Gasteiger partial charge in [0.25, 0.3) is 5.89 Å². The molecule has 0 aromatic carbocycles. The fourth-order valence-corrected chi connectivity index (χ4v) is 3.32. The van der Waals surface area contributed by atoms with Crippen LogP contribution in [-0.4, -0.2) is 27.3 Å². The minimum Gasteiger partial charge on any atom is -0.375 e. The summed E-state index contributed by atoms with van der Waals surface area (Å²) in [5.41, 5.74) is 6.24. The van der Waals surface area contributed by atoms with Gasteiger partial charge < -0.3 is 15.0 Å². The van der Waals surface area contributed by atoms with Gasteiger partial charge in [0.15, 0.2) is 11.0 Å². The Morgan fingerprint density at radius 3 is 2.94 bits per heavy atom. The highest BCUT2D eigenvalue weighted by molar-refractivity contribution is 7.13. The predicted octanol–water partition coefficient (Wildman–Crippen LogP) is 1.81. The maximum atomic E-state index is 5.80. The summed E-state index contributed by atoms with van der Waals surface area (Å²) < 4.78 is 11.1. The van der Waals surface area contributed by atoms with E-state index in [0.29, 0.717) is 22.8 Å². The zero-order valence-electron chi connectivity index (χ0n) is 9.57. The van der Waals surface area contributed by atoms with Crippen LogP contribution in [0.1, 0.15) is 31.0 Å². The van der Waals surface area contributed by atoms with E-state index in [-0.39, 0.29) is 12.0 Å². The molecule has 3 atom stereocenters. The Labute approximate surface area is 107 Å². The third-order valence-electron chi connectivity index (χ3n) is 3.62. The lowest BCUT2D eigenvalue weighted by molar-refractivity contribution is 0.0996. The average Bonchev–Trinajstić information content (AvgIpc) is 3.12. The van der Waals surface area contributed by atoms with Gasteiger partial charge in [0.2, 0.25) is 0 Å². The zero-order valence-corrected chi connectivity index (χ0v) is 10.4. The van der Waals surface area contributed by atoms with Gasteiger partial charge in [-0.2, -0.15) is 4.98 Å². The van der Waals surface area contributed by atoms with Crippen LogP contribution in [0.5, 0.6) is 0 Å². The van der Waals surface area contributed by atoms with E-state index in [9.17, 15) is 0 Å². The highest BCUT2D eigenvalue weighted by atomic mass is 32.1. The first-order valence-electron chi connectivity index (χ1n) is 6.00. The van der Waals surface area contributed by atoms with Gasteiger partial charge >= 0.3 is 0 Å². The summed E-state index contributed by atoms with van der Waals surface area (Å²) in [6.07, 6.45) is 3.91. The fraction of sp³-hybridized carbons (Fsp3) is 0.545. The number of ether oxygens (including phenoxy) is 1. The van der Waals surface area contributed by atoms with Gasteiger partial charge in [-0.25, -0.2) is 4.98 Å². The third kappa shape index (κ3) is 1.54. The van der Waals surface area contributed by atoms with Crippen LogP contribution < -0.4 is 5.73 Å². The Morgan fingerprint density at radius 2 is 2.28 bits per heavy atom. The molecule has 4 heterocycles. The van der Waals surface area contributed by atoms with Gasteiger partial charge in [-0.3, -0.25) is 0 Å². The molecule has 2 fully saturated rings. The van der Waals surface area contributed by atoms with E-state index in [1.54, 1.807) is 0 Å². The summed E-state index contributed by atoms with van der Waals surface area (Å²) in [7, 11) is 0. The Kier molecular flexibility index (Phi) is 2.18. The largest absolute Gasteiger partial charge is 0.375 e. The van der Waals surface area contributed by atoms with Crippen LogP contribution in [0.25, 0.3) is 11.6 Å². The number of nitrogen functional groups attached to an aromatic ring is 1. The third-order valence-corrected chi connectivity index (χ3v) is 4.29. The van der Waals surface area contributed by atoms with Crippen molar-refractivity contribution in [1.82, 2.24) is 15.1 Å². The Balaban J connectivity index is 1.62. The van der Waals surface area contributed by atoms with Crippen molar-refractivity contribution in [1.29, 1.82) is 0 Å². The van der Waals surface area contributed by atoms with Crippen molar-refractivity contribution in [2.45, 2.75) is 37.4 Å². The average molecular weight is 264 g/mol. The smallest absolute Gasteiger partial charge is 0.277 e. The van der Waals surface area contributed by atoms with Crippen molar-refractivity contribution in [3.05, 3.63) is 11.2 Å². The number of thiazole rings is 1. The lowest BCUT2D eigenvalue weighted by atomic mass is 9.89. The summed E-state index contributed by atoms with van der Waals surface area (Å²) in [5, 5.41) is 6.39. The molecule has 2 N–H and O–H groups in total. The molecule has 6 nitrogen and oxygen atoms in total. The van der Waals surface area contributed by atoms with E-state index in [1.807, 2.05) is 5.38 Å². The molecule has 2 aliphatic heterocycles. The molecule has 2 aromatic rings. The second-order valence-electron chi connectivity index (χ2n) is 4.74. The maximum absolute atomic E-state index is 5.80. The van der Waals surface area contributed by atoms with E-state index in [4.69, 9.17) is 15.0 Å². The highest BCUT2D eigenvalue weighted by Gasteiger charge is 2.43. The molecule has 18 heavy (non-hydrogen) atoms. The van der Waals surface area contributed by atoms with Gasteiger partial charge in [-0.1, -0.05) is 5.16 Å². The SMILES string of the molecule is Nc1nc(-c2nc(C3CC4CCC3O4)no2)cs1. The fourth-order valence-electron chi connectivity index (χ4n) is 2.78. The predicted molar refractivity (Wildman–Crippen MR) is 65.1 cm³/mol. The molecule has 2 saturated heterocycles. The zero-order chi connectivity index (χ0) is 12.1. The minimum atomic E-state index is 0.265. The van der Waals surface area contributed by atoms with Gasteiger partial charge in [-0.05, 0) is 19.3 Å². The Hall–Kier alpha value is -1.47. The first-order valence-corrected chi connectivity index (χ1v) is 6.88. The number of hydrogen-bond donors (Lipinski definition) is 1. The summed E-state index contributed by atoms with van der Waals surface area (Å²) in [5.74, 6) is 1.46. The van der Waals surface area contributed by atoms with Crippen molar-refractivity contribution in [2.24, 2.45) is 0 Å². The molecule has 94 valence electrons. The van der Waals surface area contributed by atoms with Crippen LogP contribution in [0.4, 0.5) is 5.13 Å². The molecule has 2 bridgehead atoms. The van der Waals surface area contributed by atoms with E-state index in [1.165, 1.54) is 11.3 Å². The van der Waals surface area contributed by atoms with Crippen LogP contribution in [0.2, 0.25) is 0 Å². The second-order valence-corrected chi connectivity index (χ2v) is 5.63. The van der Waals surface area contributed by atoms with E-state index in [0.717, 1.165) is 25.1 Å². The number of rotatable bonds is 2. The van der Waals surface area contributed by atoms with E-state index < -0.39 is 0 Å². The Morgan fingerprint density at radius 1 is 1.33 bits per heavy atom. The van der Waals surface area contributed by atoms with Crippen molar-refractivity contribution in [3.63, 3.8) is 0 Å². The van der Waals surface area contributed by atoms with Crippen LogP contribution in [0.3, 0.4) is 0 Å². The quantitative estimate of drug-likeness (QED) is 0.890. The molecule has 0 aliphatic carbocycles. The molecule has 2 aromatic heterocycles. The molecule has 4 rings (SSSR count). The number of hydrogen-bond acceptors (Lipinski definition) is 7. The summed E-state index contributed by atoms with van der Waals surface area (Å²) >= 11 is 1.37. The van der Waals surface area contributed by atoms with Crippen LogP contribution in [0, 0.1) is 0 Å². The summed E-state index contributed by atoms with van der Waals surface area (Å²) in [4.78, 5) is 8.56. The normalized spacial score (nSPS) is 30.1. The van der Waals surface area contributed by atoms with Gasteiger partial charge in [0.05, 0.1) is 18.1 Å². The monoisotopic (exact) mass is 264 g/mol. The molecular formula is C11H12N4O2S. The molecule has 0 saturated carbocycles. The lowest BCUT2D eigenvalue weighted by Crippen LogP contribution is -2.15. The topological polar surface area (TPSA) is 87.1 Å². The standard InChI is InChI=1S/C11H12N4O2S/c12-11-13-7(4-18-11)10-14-9(15-17-10)6-3-5-1-2-8(6)16-5/h4-6,8H,1-3H2,(H2,12,13). The number of nitrogens with zero attached hydrogens (tertiary/aromatic N) is 3.